The summed E-state index contributed by atoms with van der Waals surface area (Å²) in [4.78, 5) is 18.1. The molecule has 0 bridgehead atoms. The first kappa shape index (κ1) is 12.2. The second-order valence-electron chi connectivity index (χ2n) is 5.77. The third kappa shape index (κ3) is 2.18. The van der Waals surface area contributed by atoms with Gasteiger partial charge in [-0.15, -0.1) is 11.3 Å². The molecule has 98 valence electrons. The van der Waals surface area contributed by atoms with Gasteiger partial charge < -0.3 is 4.90 Å². The number of Topliss-reactive ketones (excluding diaryl/α,β-unsaturated/α-hetero) is 1. The summed E-state index contributed by atoms with van der Waals surface area (Å²) in [5.74, 6) is 0.0711. The normalized spacial score (nSPS) is 22.6. The molecule has 1 aliphatic carbocycles. The van der Waals surface area contributed by atoms with E-state index in [-0.39, 0.29) is 5.78 Å². The smallest absolute Gasteiger partial charge is 0.185 e. The summed E-state index contributed by atoms with van der Waals surface area (Å²) in [5.41, 5.74) is 1.27. The summed E-state index contributed by atoms with van der Waals surface area (Å²) in [7, 11) is 0. The zero-order valence-electron chi connectivity index (χ0n) is 10.9. The average Bonchev–Trinajstić information content (AvgIpc) is 3.00. The van der Waals surface area contributed by atoms with Crippen LogP contribution in [0.5, 0.6) is 0 Å². The lowest BCUT2D eigenvalue weighted by Gasteiger charge is -2.39. The van der Waals surface area contributed by atoms with Crippen molar-refractivity contribution in [3.63, 3.8) is 0 Å². The van der Waals surface area contributed by atoms with Gasteiger partial charge >= 0.3 is 0 Å². The van der Waals surface area contributed by atoms with Crippen LogP contribution in [0.4, 0.5) is 5.13 Å². The standard InChI is InChI=1S/C14H20N2OS/c1-11(17)12-10-18-13(15-12)16-8-6-14(7-9-16)4-2-3-5-14/h10H,2-9H2,1H3. The molecular formula is C14H20N2OS. The fourth-order valence-electron chi connectivity index (χ4n) is 3.37. The van der Waals surface area contributed by atoms with Gasteiger partial charge in [0.25, 0.3) is 0 Å². The zero-order chi connectivity index (χ0) is 12.6. The second-order valence-corrected chi connectivity index (χ2v) is 6.60. The molecule has 0 atom stereocenters. The molecular weight excluding hydrogens is 244 g/mol. The quantitative estimate of drug-likeness (QED) is 0.766. The first-order valence-corrected chi connectivity index (χ1v) is 7.78. The van der Waals surface area contributed by atoms with E-state index >= 15 is 0 Å². The predicted molar refractivity (Wildman–Crippen MR) is 74.5 cm³/mol. The monoisotopic (exact) mass is 264 g/mol. The Morgan fingerprint density at radius 2 is 1.94 bits per heavy atom. The van der Waals surface area contributed by atoms with Crippen molar-refractivity contribution < 1.29 is 4.79 Å². The maximum atomic E-state index is 11.3. The Morgan fingerprint density at radius 3 is 2.50 bits per heavy atom. The van der Waals surface area contributed by atoms with E-state index in [0.717, 1.165) is 18.2 Å². The lowest BCUT2D eigenvalue weighted by molar-refractivity contribution is 0.101. The first-order chi connectivity index (χ1) is 8.69. The number of rotatable bonds is 2. The Hall–Kier alpha value is -0.900. The predicted octanol–water partition coefficient (Wildman–Crippen LogP) is 3.51. The lowest BCUT2D eigenvalue weighted by Crippen LogP contribution is -2.38. The van der Waals surface area contributed by atoms with Gasteiger partial charge in [0.2, 0.25) is 0 Å². The summed E-state index contributed by atoms with van der Waals surface area (Å²) < 4.78 is 0. The van der Waals surface area contributed by atoms with Crippen molar-refractivity contribution in [1.29, 1.82) is 0 Å². The van der Waals surface area contributed by atoms with E-state index in [4.69, 9.17) is 0 Å². The van der Waals surface area contributed by atoms with Crippen LogP contribution in [0.25, 0.3) is 0 Å². The SMILES string of the molecule is CC(=O)c1csc(N2CCC3(CCCC3)CC2)n1. The number of carbonyl (C=O) groups is 1. The van der Waals surface area contributed by atoms with Crippen LogP contribution < -0.4 is 4.90 Å². The number of nitrogens with zero attached hydrogens (tertiary/aromatic N) is 2. The molecule has 2 heterocycles. The third-order valence-electron chi connectivity index (χ3n) is 4.61. The van der Waals surface area contributed by atoms with Crippen LogP contribution >= 0.6 is 11.3 Å². The Kier molecular flexibility index (Phi) is 3.14. The molecule has 4 heteroatoms. The van der Waals surface area contributed by atoms with Gasteiger partial charge in [-0.05, 0) is 31.1 Å². The Bertz CT molecular complexity index is 438. The number of piperidine rings is 1. The maximum absolute atomic E-state index is 11.3. The summed E-state index contributed by atoms with van der Waals surface area (Å²) in [6.07, 6.45) is 8.32. The Labute approximate surface area is 112 Å². The van der Waals surface area contributed by atoms with E-state index in [1.54, 1.807) is 18.3 Å². The zero-order valence-corrected chi connectivity index (χ0v) is 11.8. The maximum Gasteiger partial charge on any atom is 0.185 e. The van der Waals surface area contributed by atoms with Gasteiger partial charge in [-0.1, -0.05) is 12.8 Å². The number of hydrogen-bond acceptors (Lipinski definition) is 4. The minimum absolute atomic E-state index is 0.0711. The van der Waals surface area contributed by atoms with Gasteiger partial charge in [-0.3, -0.25) is 4.79 Å². The van der Waals surface area contributed by atoms with E-state index < -0.39 is 0 Å². The van der Waals surface area contributed by atoms with E-state index in [1.807, 2.05) is 5.38 Å². The first-order valence-electron chi connectivity index (χ1n) is 6.90. The van der Waals surface area contributed by atoms with Gasteiger partial charge in [0, 0.05) is 25.4 Å². The highest BCUT2D eigenvalue weighted by molar-refractivity contribution is 7.13. The van der Waals surface area contributed by atoms with Crippen LogP contribution in [0.15, 0.2) is 5.38 Å². The fraction of sp³-hybridized carbons (Fsp3) is 0.714. The van der Waals surface area contributed by atoms with Crippen LogP contribution in [0.1, 0.15) is 55.9 Å². The number of thiazole rings is 1. The van der Waals surface area contributed by atoms with Crippen LogP contribution in [-0.2, 0) is 0 Å². The minimum atomic E-state index is 0.0711. The number of anilines is 1. The van der Waals surface area contributed by atoms with Gasteiger partial charge in [-0.2, -0.15) is 0 Å². The van der Waals surface area contributed by atoms with Crippen molar-refractivity contribution in [3.05, 3.63) is 11.1 Å². The van der Waals surface area contributed by atoms with E-state index in [2.05, 4.69) is 9.88 Å². The molecule has 2 aliphatic rings. The highest BCUT2D eigenvalue weighted by Crippen LogP contribution is 2.46. The highest BCUT2D eigenvalue weighted by Gasteiger charge is 2.37. The van der Waals surface area contributed by atoms with Gasteiger partial charge in [0.1, 0.15) is 5.69 Å². The molecule has 0 amide bonds. The third-order valence-corrected chi connectivity index (χ3v) is 5.51. The molecule has 1 aliphatic heterocycles. The van der Waals surface area contributed by atoms with Crippen LogP contribution in [0.2, 0.25) is 0 Å². The van der Waals surface area contributed by atoms with Gasteiger partial charge in [0.15, 0.2) is 10.9 Å². The van der Waals surface area contributed by atoms with Crippen LogP contribution in [0, 0.1) is 5.41 Å². The number of ketones is 1. The van der Waals surface area contributed by atoms with Crippen LogP contribution in [-0.4, -0.2) is 23.9 Å². The molecule has 1 saturated heterocycles. The van der Waals surface area contributed by atoms with Crippen molar-refractivity contribution in [2.45, 2.75) is 45.4 Å². The van der Waals surface area contributed by atoms with E-state index in [9.17, 15) is 4.79 Å². The Morgan fingerprint density at radius 1 is 1.28 bits per heavy atom. The van der Waals surface area contributed by atoms with Gasteiger partial charge in [-0.25, -0.2) is 4.98 Å². The van der Waals surface area contributed by atoms with E-state index in [0.29, 0.717) is 11.1 Å². The molecule has 2 fully saturated rings. The van der Waals surface area contributed by atoms with Crippen molar-refractivity contribution in [2.24, 2.45) is 5.41 Å². The second kappa shape index (κ2) is 4.65. The molecule has 0 aromatic carbocycles. The summed E-state index contributed by atoms with van der Waals surface area (Å²) in [5, 5.41) is 2.92. The van der Waals surface area contributed by atoms with Crippen molar-refractivity contribution in [3.8, 4) is 0 Å². The summed E-state index contributed by atoms with van der Waals surface area (Å²) in [6, 6.07) is 0. The number of carbonyl (C=O) groups excluding carboxylic acids is 1. The molecule has 1 spiro atoms. The van der Waals surface area contributed by atoms with Crippen molar-refractivity contribution in [1.82, 2.24) is 4.98 Å². The molecule has 18 heavy (non-hydrogen) atoms. The highest BCUT2D eigenvalue weighted by atomic mass is 32.1. The summed E-state index contributed by atoms with van der Waals surface area (Å²) >= 11 is 1.61. The van der Waals surface area contributed by atoms with Crippen LogP contribution in [0.3, 0.4) is 0 Å². The molecule has 1 aromatic rings. The molecule has 3 nitrogen and oxygen atoms in total. The molecule has 1 aromatic heterocycles. The number of hydrogen-bond donors (Lipinski definition) is 0. The van der Waals surface area contributed by atoms with Crippen molar-refractivity contribution in [2.75, 3.05) is 18.0 Å². The van der Waals surface area contributed by atoms with Gasteiger partial charge in [0.05, 0.1) is 0 Å². The fourth-order valence-corrected chi connectivity index (χ4v) is 4.29. The molecule has 1 saturated carbocycles. The minimum Gasteiger partial charge on any atom is -0.348 e. The molecule has 0 radical (unpaired) electrons. The topological polar surface area (TPSA) is 33.2 Å². The van der Waals surface area contributed by atoms with E-state index in [1.165, 1.54) is 38.5 Å². The molecule has 0 N–H and O–H groups in total. The van der Waals surface area contributed by atoms with Crippen molar-refractivity contribution >= 4 is 22.3 Å². The molecule has 3 rings (SSSR count). The average molecular weight is 264 g/mol. The summed E-state index contributed by atoms with van der Waals surface area (Å²) in [6.45, 7) is 3.82. The largest absolute Gasteiger partial charge is 0.348 e. The Balaban J connectivity index is 1.66. The number of aromatic nitrogens is 1. The lowest BCUT2D eigenvalue weighted by atomic mass is 9.77. The molecule has 0 unspecified atom stereocenters.